The third kappa shape index (κ3) is 4.24. The van der Waals surface area contributed by atoms with E-state index >= 15 is 0 Å². The largest absolute Gasteiger partial charge is 0.469 e. The fraction of sp³-hybridized carbons (Fsp3) is 0.471. The third-order valence-corrected chi connectivity index (χ3v) is 4.06. The fourth-order valence-corrected chi connectivity index (χ4v) is 2.81. The van der Waals surface area contributed by atoms with Gasteiger partial charge in [0.1, 0.15) is 12.6 Å². The Morgan fingerprint density at radius 3 is 2.46 bits per heavy atom. The zero-order valence-corrected chi connectivity index (χ0v) is 13.8. The molecule has 0 spiro atoms. The molecule has 130 valence electrons. The van der Waals surface area contributed by atoms with Crippen molar-refractivity contribution in [3.8, 4) is 0 Å². The van der Waals surface area contributed by atoms with E-state index in [4.69, 9.17) is 9.47 Å². The van der Waals surface area contributed by atoms with Gasteiger partial charge in [-0.2, -0.15) is 0 Å². The monoisotopic (exact) mass is 335 g/mol. The van der Waals surface area contributed by atoms with Gasteiger partial charge in [0.2, 0.25) is 0 Å². The van der Waals surface area contributed by atoms with E-state index in [0.29, 0.717) is 13.0 Å². The summed E-state index contributed by atoms with van der Waals surface area (Å²) in [6.45, 7) is 0.445. The molecule has 1 aromatic rings. The zero-order valence-electron chi connectivity index (χ0n) is 13.8. The second-order valence-electron chi connectivity index (χ2n) is 5.53. The van der Waals surface area contributed by atoms with Gasteiger partial charge in [0.25, 0.3) is 0 Å². The molecule has 1 fully saturated rings. The quantitative estimate of drug-likeness (QED) is 0.602. The summed E-state index contributed by atoms with van der Waals surface area (Å²) in [4.78, 5) is 37.2. The highest BCUT2D eigenvalue weighted by molar-refractivity contribution is 5.83. The average molecular weight is 335 g/mol. The van der Waals surface area contributed by atoms with Crippen LogP contribution in [0.5, 0.6) is 0 Å². The van der Waals surface area contributed by atoms with Crippen LogP contribution >= 0.6 is 0 Å². The number of carbonyl (C=O) groups is 3. The van der Waals surface area contributed by atoms with Gasteiger partial charge in [-0.1, -0.05) is 30.3 Å². The molecule has 2 atom stereocenters. The van der Waals surface area contributed by atoms with Crippen molar-refractivity contribution in [1.29, 1.82) is 0 Å². The van der Waals surface area contributed by atoms with Crippen LogP contribution in [0.4, 0.5) is 4.79 Å². The highest BCUT2D eigenvalue weighted by atomic mass is 16.6. The molecular weight excluding hydrogens is 314 g/mol. The Balaban J connectivity index is 2.02. The van der Waals surface area contributed by atoms with Gasteiger partial charge in [-0.25, -0.2) is 9.59 Å². The van der Waals surface area contributed by atoms with Gasteiger partial charge in [0, 0.05) is 12.5 Å². The molecule has 1 amide bonds. The lowest BCUT2D eigenvalue weighted by atomic mass is 9.97. The van der Waals surface area contributed by atoms with Gasteiger partial charge in [-0.15, -0.1) is 0 Å². The van der Waals surface area contributed by atoms with E-state index in [1.165, 1.54) is 19.1 Å². The minimum Gasteiger partial charge on any atom is -0.469 e. The SMILES string of the molecule is COC(=O)C[C@H]1CCN(C(=O)OCc2ccccc2)[C@H]1C(=O)OC. The van der Waals surface area contributed by atoms with Gasteiger partial charge < -0.3 is 14.2 Å². The van der Waals surface area contributed by atoms with Crippen LogP contribution in [0.2, 0.25) is 0 Å². The summed E-state index contributed by atoms with van der Waals surface area (Å²) in [6, 6.07) is 8.42. The molecule has 1 aliphatic rings. The zero-order chi connectivity index (χ0) is 17.5. The van der Waals surface area contributed by atoms with E-state index in [9.17, 15) is 14.4 Å². The van der Waals surface area contributed by atoms with Crippen LogP contribution in [0.1, 0.15) is 18.4 Å². The van der Waals surface area contributed by atoms with Crippen LogP contribution in [0.15, 0.2) is 30.3 Å². The molecule has 0 unspecified atom stereocenters. The molecular formula is C17H21NO6. The van der Waals surface area contributed by atoms with Crippen LogP contribution in [-0.2, 0) is 30.4 Å². The molecule has 0 aromatic heterocycles. The normalized spacial score (nSPS) is 19.7. The van der Waals surface area contributed by atoms with Crippen LogP contribution in [0, 0.1) is 5.92 Å². The van der Waals surface area contributed by atoms with Crippen molar-refractivity contribution in [3.05, 3.63) is 35.9 Å². The highest BCUT2D eigenvalue weighted by Crippen LogP contribution is 2.29. The first-order valence-corrected chi connectivity index (χ1v) is 7.68. The predicted molar refractivity (Wildman–Crippen MR) is 83.9 cm³/mol. The van der Waals surface area contributed by atoms with Crippen molar-refractivity contribution in [2.24, 2.45) is 5.92 Å². The molecule has 0 N–H and O–H groups in total. The van der Waals surface area contributed by atoms with E-state index in [1.807, 2.05) is 30.3 Å². The van der Waals surface area contributed by atoms with Crippen molar-refractivity contribution < 1.29 is 28.6 Å². The number of ether oxygens (including phenoxy) is 3. The summed E-state index contributed by atoms with van der Waals surface area (Å²) >= 11 is 0. The maximum Gasteiger partial charge on any atom is 0.410 e. The van der Waals surface area contributed by atoms with Crippen LogP contribution < -0.4 is 0 Å². The molecule has 2 rings (SSSR count). The smallest absolute Gasteiger partial charge is 0.410 e. The summed E-state index contributed by atoms with van der Waals surface area (Å²) < 4.78 is 14.7. The average Bonchev–Trinajstić information content (AvgIpc) is 3.03. The standard InChI is InChI=1S/C17H21NO6/c1-22-14(19)10-13-8-9-18(15(13)16(20)23-2)17(21)24-11-12-6-4-3-5-7-12/h3-7,13,15H,8-11H2,1-2H3/t13-,15-/m1/s1. The number of hydrogen-bond donors (Lipinski definition) is 0. The van der Waals surface area contributed by atoms with E-state index in [1.54, 1.807) is 0 Å². The second kappa shape index (κ2) is 8.33. The lowest BCUT2D eigenvalue weighted by Gasteiger charge is -2.25. The number of likely N-dealkylation sites (tertiary alicyclic amines) is 1. The summed E-state index contributed by atoms with van der Waals surface area (Å²) in [5.74, 6) is -1.32. The highest BCUT2D eigenvalue weighted by Gasteiger charge is 2.44. The van der Waals surface area contributed by atoms with E-state index < -0.39 is 24.1 Å². The molecule has 1 aliphatic heterocycles. The molecule has 0 radical (unpaired) electrons. The Morgan fingerprint density at radius 2 is 1.83 bits per heavy atom. The minimum atomic E-state index is -0.836. The Kier molecular flexibility index (Phi) is 6.17. The third-order valence-electron chi connectivity index (χ3n) is 4.06. The molecule has 24 heavy (non-hydrogen) atoms. The Labute approximate surface area is 140 Å². The number of nitrogens with zero attached hydrogens (tertiary/aromatic N) is 1. The predicted octanol–water partition coefficient (Wildman–Crippen LogP) is 1.75. The molecule has 1 aromatic carbocycles. The van der Waals surface area contributed by atoms with Crippen molar-refractivity contribution in [1.82, 2.24) is 4.90 Å². The molecule has 7 heteroatoms. The van der Waals surface area contributed by atoms with Crippen molar-refractivity contribution >= 4 is 18.0 Å². The van der Waals surface area contributed by atoms with Crippen molar-refractivity contribution in [3.63, 3.8) is 0 Å². The lowest BCUT2D eigenvalue weighted by molar-refractivity contribution is -0.148. The van der Waals surface area contributed by atoms with Crippen LogP contribution in [-0.4, -0.2) is 49.7 Å². The Morgan fingerprint density at radius 1 is 1.12 bits per heavy atom. The van der Waals surface area contributed by atoms with Crippen LogP contribution in [0.25, 0.3) is 0 Å². The molecule has 1 saturated heterocycles. The minimum absolute atomic E-state index is 0.0543. The van der Waals surface area contributed by atoms with Gasteiger partial charge in [-0.05, 0) is 12.0 Å². The first kappa shape index (κ1) is 17.8. The molecule has 0 aliphatic carbocycles. The van der Waals surface area contributed by atoms with Crippen molar-refractivity contribution in [2.45, 2.75) is 25.5 Å². The summed E-state index contributed by atoms with van der Waals surface area (Å²) in [5, 5.41) is 0. The van der Waals surface area contributed by atoms with Crippen LogP contribution in [0.3, 0.4) is 0 Å². The summed E-state index contributed by atoms with van der Waals surface area (Å²) in [5.41, 5.74) is 0.853. The van der Waals surface area contributed by atoms with E-state index in [-0.39, 0.29) is 18.9 Å². The lowest BCUT2D eigenvalue weighted by Crippen LogP contribution is -2.44. The summed E-state index contributed by atoms with van der Waals surface area (Å²) in [6.07, 6.45) is -0.0322. The number of amides is 1. The van der Waals surface area contributed by atoms with Gasteiger partial charge in [-0.3, -0.25) is 9.69 Å². The number of rotatable bonds is 5. The number of esters is 2. The fourth-order valence-electron chi connectivity index (χ4n) is 2.81. The topological polar surface area (TPSA) is 82.1 Å². The molecule has 0 saturated carbocycles. The molecule has 1 heterocycles. The van der Waals surface area contributed by atoms with Gasteiger partial charge in [0.05, 0.1) is 20.6 Å². The number of carbonyl (C=O) groups excluding carboxylic acids is 3. The second-order valence-corrected chi connectivity index (χ2v) is 5.53. The molecule has 7 nitrogen and oxygen atoms in total. The number of hydrogen-bond acceptors (Lipinski definition) is 6. The van der Waals surface area contributed by atoms with Crippen molar-refractivity contribution in [2.75, 3.05) is 20.8 Å². The van der Waals surface area contributed by atoms with Gasteiger partial charge >= 0.3 is 18.0 Å². The Bertz CT molecular complexity index is 588. The van der Waals surface area contributed by atoms with E-state index in [0.717, 1.165) is 5.56 Å². The first-order valence-electron chi connectivity index (χ1n) is 7.68. The maximum atomic E-state index is 12.3. The number of benzene rings is 1. The first-order chi connectivity index (χ1) is 11.6. The molecule has 0 bridgehead atoms. The van der Waals surface area contributed by atoms with E-state index in [2.05, 4.69) is 4.74 Å². The Hall–Kier alpha value is -2.57. The summed E-state index contributed by atoms with van der Waals surface area (Å²) in [7, 11) is 2.54. The maximum absolute atomic E-state index is 12.3. The van der Waals surface area contributed by atoms with Gasteiger partial charge in [0.15, 0.2) is 0 Å². The number of methoxy groups -OCH3 is 2.